The van der Waals surface area contributed by atoms with Crippen molar-refractivity contribution in [3.8, 4) is 6.07 Å². The van der Waals surface area contributed by atoms with Crippen LogP contribution in [0.15, 0.2) is 61.1 Å². The van der Waals surface area contributed by atoms with Gasteiger partial charge in [0.25, 0.3) is 0 Å². The maximum atomic E-state index is 12.7. The molecule has 0 aliphatic heterocycles. The lowest BCUT2D eigenvalue weighted by Gasteiger charge is -2.22. The first-order valence-electron chi connectivity index (χ1n) is 8.35. The summed E-state index contributed by atoms with van der Waals surface area (Å²) in [6.45, 7) is 1.56. The molecule has 1 aromatic carbocycles. The second kappa shape index (κ2) is 8.11. The summed E-state index contributed by atoms with van der Waals surface area (Å²) < 4.78 is 2.10. The zero-order valence-corrected chi connectivity index (χ0v) is 14.0. The van der Waals surface area contributed by atoms with Gasteiger partial charge in [-0.3, -0.25) is 9.78 Å². The molecule has 1 amide bonds. The van der Waals surface area contributed by atoms with Crippen LogP contribution in [0.5, 0.6) is 0 Å². The molecule has 0 spiro atoms. The molecule has 2 heterocycles. The fourth-order valence-corrected chi connectivity index (χ4v) is 2.90. The molecule has 5 nitrogen and oxygen atoms in total. The van der Waals surface area contributed by atoms with Crippen molar-refractivity contribution in [2.75, 3.05) is 6.54 Å². The lowest BCUT2D eigenvalue weighted by Crippen LogP contribution is -2.32. The summed E-state index contributed by atoms with van der Waals surface area (Å²) in [5, 5.41) is 10.0. The molecule has 3 aromatic rings. The number of rotatable bonds is 7. The molecular formula is C20H20N4O. The van der Waals surface area contributed by atoms with Crippen LogP contribution in [-0.4, -0.2) is 26.9 Å². The average Bonchev–Trinajstić information content (AvgIpc) is 3.07. The number of hydrogen-bond donors (Lipinski definition) is 0. The number of nitrogens with zero attached hydrogens (tertiary/aromatic N) is 4. The second-order valence-electron chi connectivity index (χ2n) is 5.90. The van der Waals surface area contributed by atoms with Crippen LogP contribution in [0, 0.1) is 11.3 Å². The predicted molar refractivity (Wildman–Crippen MR) is 96.4 cm³/mol. The summed E-state index contributed by atoms with van der Waals surface area (Å²) in [5.41, 5.74) is 2.10. The summed E-state index contributed by atoms with van der Waals surface area (Å²) in [4.78, 5) is 18.5. The Hall–Kier alpha value is -3.13. The fraction of sp³-hybridized carbons (Fsp3) is 0.250. The van der Waals surface area contributed by atoms with Gasteiger partial charge >= 0.3 is 0 Å². The molecule has 0 N–H and O–H groups in total. The SMILES string of the molecule is N#CCCN(Cc1cccnc1)C(=O)CCn1ccc2ccccc21. The van der Waals surface area contributed by atoms with Crippen LogP contribution in [-0.2, 0) is 17.9 Å². The van der Waals surface area contributed by atoms with Crippen molar-refractivity contribution < 1.29 is 4.79 Å². The molecule has 0 unspecified atom stereocenters. The van der Waals surface area contributed by atoms with E-state index in [0.717, 1.165) is 11.1 Å². The van der Waals surface area contributed by atoms with Gasteiger partial charge in [0.2, 0.25) is 5.91 Å². The van der Waals surface area contributed by atoms with Gasteiger partial charge in [-0.15, -0.1) is 0 Å². The average molecular weight is 332 g/mol. The van der Waals surface area contributed by atoms with Gasteiger partial charge < -0.3 is 9.47 Å². The molecular weight excluding hydrogens is 312 g/mol. The van der Waals surface area contributed by atoms with E-state index in [1.165, 1.54) is 5.39 Å². The van der Waals surface area contributed by atoms with E-state index in [-0.39, 0.29) is 5.91 Å². The van der Waals surface area contributed by atoms with Crippen LogP contribution < -0.4 is 0 Å². The highest BCUT2D eigenvalue weighted by Gasteiger charge is 2.14. The van der Waals surface area contributed by atoms with E-state index in [2.05, 4.69) is 33.8 Å². The minimum atomic E-state index is 0.0527. The van der Waals surface area contributed by atoms with Crippen molar-refractivity contribution in [1.29, 1.82) is 5.26 Å². The Labute approximate surface area is 147 Å². The number of hydrogen-bond acceptors (Lipinski definition) is 3. The first kappa shape index (κ1) is 16.7. The van der Waals surface area contributed by atoms with E-state index >= 15 is 0 Å². The summed E-state index contributed by atoms with van der Waals surface area (Å²) in [5.74, 6) is 0.0527. The molecule has 0 fully saturated rings. The van der Waals surface area contributed by atoms with Crippen LogP contribution in [0.3, 0.4) is 0 Å². The molecule has 0 atom stereocenters. The van der Waals surface area contributed by atoms with Crippen molar-refractivity contribution >= 4 is 16.8 Å². The molecule has 0 saturated heterocycles. The number of para-hydroxylation sites is 1. The monoisotopic (exact) mass is 332 g/mol. The first-order chi connectivity index (χ1) is 12.3. The van der Waals surface area contributed by atoms with E-state index in [1.54, 1.807) is 17.3 Å². The van der Waals surface area contributed by atoms with E-state index in [1.807, 2.05) is 30.5 Å². The number of carbonyl (C=O) groups is 1. The Morgan fingerprint density at radius 3 is 2.88 bits per heavy atom. The van der Waals surface area contributed by atoms with Gasteiger partial charge in [0, 0.05) is 50.2 Å². The Bertz CT molecular complexity index is 879. The van der Waals surface area contributed by atoms with Crippen LogP contribution in [0.4, 0.5) is 0 Å². The highest BCUT2D eigenvalue weighted by Crippen LogP contribution is 2.16. The number of fused-ring (bicyclic) bond motifs is 1. The molecule has 0 saturated carbocycles. The quantitative estimate of drug-likeness (QED) is 0.666. The van der Waals surface area contributed by atoms with Gasteiger partial charge in [-0.1, -0.05) is 24.3 Å². The number of amides is 1. The number of benzene rings is 1. The minimum absolute atomic E-state index is 0.0527. The van der Waals surface area contributed by atoms with Crippen molar-refractivity contribution in [3.05, 3.63) is 66.6 Å². The first-order valence-corrected chi connectivity index (χ1v) is 8.35. The van der Waals surface area contributed by atoms with Gasteiger partial charge in [-0.25, -0.2) is 0 Å². The van der Waals surface area contributed by atoms with E-state index < -0.39 is 0 Å². The number of aryl methyl sites for hydroxylation is 1. The topological polar surface area (TPSA) is 61.9 Å². The molecule has 0 bridgehead atoms. The number of pyridine rings is 1. The highest BCUT2D eigenvalue weighted by atomic mass is 16.2. The van der Waals surface area contributed by atoms with Gasteiger partial charge in [-0.05, 0) is 29.1 Å². The Morgan fingerprint density at radius 1 is 1.20 bits per heavy atom. The highest BCUT2D eigenvalue weighted by molar-refractivity contribution is 5.80. The minimum Gasteiger partial charge on any atom is -0.347 e. The Balaban J connectivity index is 1.66. The van der Waals surface area contributed by atoms with Gasteiger partial charge in [-0.2, -0.15) is 5.26 Å². The molecule has 0 aliphatic carbocycles. The van der Waals surface area contributed by atoms with E-state index in [0.29, 0.717) is 32.5 Å². The molecule has 0 aliphatic rings. The van der Waals surface area contributed by atoms with Crippen molar-refractivity contribution in [3.63, 3.8) is 0 Å². The third-order valence-electron chi connectivity index (χ3n) is 4.19. The predicted octanol–water partition coefficient (Wildman–Crippen LogP) is 3.37. The fourth-order valence-electron chi connectivity index (χ4n) is 2.90. The third-order valence-corrected chi connectivity index (χ3v) is 4.19. The standard InChI is InChI=1S/C20H20N4O/c21-10-4-12-24(16-17-5-3-11-22-15-17)20(25)9-14-23-13-8-18-6-1-2-7-19(18)23/h1-3,5-8,11,13,15H,4,9,12,14,16H2. The maximum Gasteiger partial charge on any atom is 0.224 e. The van der Waals surface area contributed by atoms with Gasteiger partial charge in [0.1, 0.15) is 0 Å². The van der Waals surface area contributed by atoms with Gasteiger partial charge in [0.15, 0.2) is 0 Å². The van der Waals surface area contributed by atoms with Crippen LogP contribution >= 0.6 is 0 Å². The van der Waals surface area contributed by atoms with Crippen molar-refractivity contribution in [2.45, 2.75) is 25.9 Å². The summed E-state index contributed by atoms with van der Waals surface area (Å²) in [6.07, 6.45) is 6.22. The Kier molecular flexibility index (Phi) is 5.43. The van der Waals surface area contributed by atoms with Gasteiger partial charge in [0.05, 0.1) is 12.5 Å². The number of carbonyl (C=O) groups excluding carboxylic acids is 1. The lowest BCUT2D eigenvalue weighted by atomic mass is 10.2. The number of nitriles is 1. The molecule has 126 valence electrons. The molecule has 0 radical (unpaired) electrons. The molecule has 25 heavy (non-hydrogen) atoms. The smallest absolute Gasteiger partial charge is 0.224 e. The zero-order valence-electron chi connectivity index (χ0n) is 14.0. The van der Waals surface area contributed by atoms with E-state index in [4.69, 9.17) is 5.26 Å². The summed E-state index contributed by atoms with van der Waals surface area (Å²) in [7, 11) is 0. The van der Waals surface area contributed by atoms with Crippen LogP contribution in [0.25, 0.3) is 10.9 Å². The normalized spacial score (nSPS) is 10.5. The molecule has 3 rings (SSSR count). The third kappa shape index (κ3) is 4.24. The van der Waals surface area contributed by atoms with Crippen LogP contribution in [0.1, 0.15) is 18.4 Å². The Morgan fingerprint density at radius 2 is 2.08 bits per heavy atom. The summed E-state index contributed by atoms with van der Waals surface area (Å²) >= 11 is 0. The van der Waals surface area contributed by atoms with Crippen LogP contribution in [0.2, 0.25) is 0 Å². The molecule has 2 aromatic heterocycles. The van der Waals surface area contributed by atoms with E-state index in [9.17, 15) is 4.79 Å². The maximum absolute atomic E-state index is 12.7. The summed E-state index contributed by atoms with van der Waals surface area (Å²) in [6, 6.07) is 16.1. The lowest BCUT2D eigenvalue weighted by molar-refractivity contribution is -0.132. The molecule has 5 heteroatoms. The largest absolute Gasteiger partial charge is 0.347 e. The second-order valence-corrected chi connectivity index (χ2v) is 5.90. The zero-order chi connectivity index (χ0) is 17.5. The number of aromatic nitrogens is 2. The van der Waals surface area contributed by atoms with Crippen molar-refractivity contribution in [1.82, 2.24) is 14.5 Å². The van der Waals surface area contributed by atoms with Crippen molar-refractivity contribution in [2.24, 2.45) is 0 Å².